The molecule has 0 aromatic carbocycles. The molecule has 0 radical (unpaired) electrons. The summed E-state index contributed by atoms with van der Waals surface area (Å²) < 4.78 is 0. The third-order valence-corrected chi connectivity index (χ3v) is 1.45. The zero-order valence-electron chi connectivity index (χ0n) is 6.98. The first kappa shape index (κ1) is 9.99. The molecule has 3 heteroatoms. The molecule has 0 unspecified atom stereocenters. The number of primary amides is 1. The van der Waals surface area contributed by atoms with Crippen LogP contribution in [-0.4, -0.2) is 18.0 Å². The van der Waals surface area contributed by atoms with Crippen molar-refractivity contribution in [3.8, 4) is 12.3 Å². The zero-order chi connectivity index (χ0) is 8.91. The molecule has 0 bridgehead atoms. The Hall–Kier alpha value is -1.01. The molecule has 0 saturated heterocycles. The van der Waals surface area contributed by atoms with Gasteiger partial charge in [-0.15, -0.1) is 12.3 Å². The summed E-state index contributed by atoms with van der Waals surface area (Å²) in [5.41, 5.74) is 4.44. The van der Waals surface area contributed by atoms with Gasteiger partial charge in [0.05, 0.1) is 5.54 Å². The van der Waals surface area contributed by atoms with E-state index < -0.39 is 5.54 Å². The lowest BCUT2D eigenvalue weighted by atomic mass is 10.1. The molecule has 0 aromatic heterocycles. The molecule has 62 valence electrons. The Bertz CT molecular complexity index is 179. The van der Waals surface area contributed by atoms with E-state index in [4.69, 9.17) is 12.2 Å². The second-order valence-corrected chi connectivity index (χ2v) is 2.87. The molecule has 0 fully saturated rings. The van der Waals surface area contributed by atoms with Crippen LogP contribution < -0.4 is 11.1 Å². The molecule has 11 heavy (non-hydrogen) atoms. The first-order valence-electron chi connectivity index (χ1n) is 3.49. The van der Waals surface area contributed by atoms with Crippen LogP contribution in [0.15, 0.2) is 0 Å². The Labute approximate surface area is 67.3 Å². The maximum Gasteiger partial charge on any atom is 0.237 e. The van der Waals surface area contributed by atoms with E-state index in [1.807, 2.05) is 0 Å². The molecule has 0 aliphatic rings. The fraction of sp³-hybridized carbons (Fsp3) is 0.625. The van der Waals surface area contributed by atoms with Gasteiger partial charge in [-0.05, 0) is 13.8 Å². The predicted octanol–water partition coefficient (Wildman–Crippen LogP) is -0.137. The van der Waals surface area contributed by atoms with Crippen LogP contribution in [0, 0.1) is 12.3 Å². The van der Waals surface area contributed by atoms with Gasteiger partial charge in [0, 0.05) is 13.0 Å². The van der Waals surface area contributed by atoms with Gasteiger partial charge in [-0.1, -0.05) is 0 Å². The lowest BCUT2D eigenvalue weighted by molar-refractivity contribution is -0.123. The van der Waals surface area contributed by atoms with Gasteiger partial charge in [-0.3, -0.25) is 4.79 Å². The number of carbonyl (C=O) groups is 1. The summed E-state index contributed by atoms with van der Waals surface area (Å²) in [4.78, 5) is 10.7. The standard InChI is InChI=1S/C8H14N2O/c1-4-5-6-10-8(2,3)7(9)11/h1,10H,5-6H2,2-3H3,(H2,9,11). The van der Waals surface area contributed by atoms with Crippen molar-refractivity contribution in [2.75, 3.05) is 6.54 Å². The van der Waals surface area contributed by atoms with Crippen LogP contribution in [0.2, 0.25) is 0 Å². The summed E-state index contributed by atoms with van der Waals surface area (Å²) in [6, 6.07) is 0. The van der Waals surface area contributed by atoms with Crippen LogP contribution in [0.4, 0.5) is 0 Å². The van der Waals surface area contributed by atoms with Crippen LogP contribution in [0.3, 0.4) is 0 Å². The number of nitrogens with two attached hydrogens (primary N) is 1. The predicted molar refractivity (Wildman–Crippen MR) is 44.7 cm³/mol. The smallest absolute Gasteiger partial charge is 0.237 e. The number of hydrogen-bond acceptors (Lipinski definition) is 2. The fourth-order valence-electron chi connectivity index (χ4n) is 0.534. The van der Waals surface area contributed by atoms with E-state index in [-0.39, 0.29) is 5.91 Å². The molecule has 3 nitrogen and oxygen atoms in total. The molecule has 0 saturated carbocycles. The van der Waals surface area contributed by atoms with Gasteiger partial charge >= 0.3 is 0 Å². The van der Waals surface area contributed by atoms with Crippen LogP contribution >= 0.6 is 0 Å². The van der Waals surface area contributed by atoms with E-state index in [1.165, 1.54) is 0 Å². The van der Waals surface area contributed by atoms with Crippen LogP contribution in [-0.2, 0) is 4.79 Å². The summed E-state index contributed by atoms with van der Waals surface area (Å²) in [6.07, 6.45) is 5.64. The molecule has 0 rings (SSSR count). The molecule has 0 spiro atoms. The number of hydrogen-bond donors (Lipinski definition) is 2. The van der Waals surface area contributed by atoms with Gasteiger partial charge in [-0.2, -0.15) is 0 Å². The average molecular weight is 154 g/mol. The zero-order valence-corrected chi connectivity index (χ0v) is 6.98. The van der Waals surface area contributed by atoms with E-state index in [9.17, 15) is 4.79 Å². The van der Waals surface area contributed by atoms with Gasteiger partial charge in [0.25, 0.3) is 0 Å². The molecule has 3 N–H and O–H groups in total. The molecule has 1 amide bonds. The van der Waals surface area contributed by atoms with Crippen LogP contribution in [0.1, 0.15) is 20.3 Å². The minimum Gasteiger partial charge on any atom is -0.368 e. The van der Waals surface area contributed by atoms with Crippen molar-refractivity contribution >= 4 is 5.91 Å². The largest absolute Gasteiger partial charge is 0.368 e. The number of carbonyl (C=O) groups excluding carboxylic acids is 1. The number of nitrogens with one attached hydrogen (secondary N) is 1. The van der Waals surface area contributed by atoms with Gasteiger partial charge in [-0.25, -0.2) is 0 Å². The van der Waals surface area contributed by atoms with E-state index in [1.54, 1.807) is 13.8 Å². The molecule has 0 atom stereocenters. The summed E-state index contributed by atoms with van der Waals surface area (Å²) in [7, 11) is 0. The SMILES string of the molecule is C#CCCNC(C)(C)C(N)=O. The van der Waals surface area contributed by atoms with E-state index in [2.05, 4.69) is 11.2 Å². The average Bonchev–Trinajstić information content (AvgIpc) is 1.88. The van der Waals surface area contributed by atoms with E-state index in [0.717, 1.165) is 0 Å². The Morgan fingerprint density at radius 1 is 1.73 bits per heavy atom. The first-order valence-corrected chi connectivity index (χ1v) is 3.49. The third-order valence-electron chi connectivity index (χ3n) is 1.45. The number of rotatable bonds is 4. The normalized spacial score (nSPS) is 10.6. The van der Waals surface area contributed by atoms with Crippen molar-refractivity contribution < 1.29 is 4.79 Å². The van der Waals surface area contributed by atoms with Crippen molar-refractivity contribution in [1.29, 1.82) is 0 Å². The molecule has 0 aliphatic heterocycles. The summed E-state index contributed by atoms with van der Waals surface area (Å²) in [6.45, 7) is 4.07. The highest BCUT2D eigenvalue weighted by atomic mass is 16.1. The minimum absolute atomic E-state index is 0.366. The highest BCUT2D eigenvalue weighted by Gasteiger charge is 2.22. The molecular weight excluding hydrogens is 140 g/mol. The summed E-state index contributed by atoms with van der Waals surface area (Å²) in [5.74, 6) is 2.10. The van der Waals surface area contributed by atoms with Gasteiger partial charge in [0.2, 0.25) is 5.91 Å². The van der Waals surface area contributed by atoms with E-state index in [0.29, 0.717) is 13.0 Å². The molecule has 0 aromatic rings. The topological polar surface area (TPSA) is 55.1 Å². The van der Waals surface area contributed by atoms with Crippen molar-refractivity contribution in [2.45, 2.75) is 25.8 Å². The lowest BCUT2D eigenvalue weighted by Crippen LogP contribution is -2.50. The first-order chi connectivity index (χ1) is 5.00. The highest BCUT2D eigenvalue weighted by molar-refractivity contribution is 5.83. The molecule has 0 aliphatic carbocycles. The monoisotopic (exact) mass is 154 g/mol. The van der Waals surface area contributed by atoms with Crippen LogP contribution in [0.25, 0.3) is 0 Å². The van der Waals surface area contributed by atoms with Crippen molar-refractivity contribution in [1.82, 2.24) is 5.32 Å². The van der Waals surface area contributed by atoms with Gasteiger partial charge in [0.1, 0.15) is 0 Å². The fourth-order valence-corrected chi connectivity index (χ4v) is 0.534. The van der Waals surface area contributed by atoms with Gasteiger partial charge in [0.15, 0.2) is 0 Å². The quantitative estimate of drug-likeness (QED) is 0.437. The van der Waals surface area contributed by atoms with Crippen molar-refractivity contribution in [2.24, 2.45) is 5.73 Å². The van der Waals surface area contributed by atoms with Crippen LogP contribution in [0.5, 0.6) is 0 Å². The molecular formula is C8H14N2O. The molecule has 0 heterocycles. The lowest BCUT2D eigenvalue weighted by Gasteiger charge is -2.21. The van der Waals surface area contributed by atoms with Gasteiger partial charge < -0.3 is 11.1 Å². The maximum absolute atomic E-state index is 10.7. The Kier molecular flexibility index (Phi) is 3.63. The van der Waals surface area contributed by atoms with Crippen molar-refractivity contribution in [3.05, 3.63) is 0 Å². The number of amides is 1. The summed E-state index contributed by atoms with van der Waals surface area (Å²) >= 11 is 0. The Morgan fingerprint density at radius 2 is 2.27 bits per heavy atom. The number of terminal acetylenes is 1. The van der Waals surface area contributed by atoms with Crippen molar-refractivity contribution in [3.63, 3.8) is 0 Å². The Balaban J connectivity index is 3.75. The highest BCUT2D eigenvalue weighted by Crippen LogP contribution is 1.99. The maximum atomic E-state index is 10.7. The second-order valence-electron chi connectivity index (χ2n) is 2.87. The van der Waals surface area contributed by atoms with E-state index >= 15 is 0 Å². The summed E-state index contributed by atoms with van der Waals surface area (Å²) in [5, 5.41) is 2.94. The third kappa shape index (κ3) is 3.64. The second kappa shape index (κ2) is 3.99. The Morgan fingerprint density at radius 3 is 2.64 bits per heavy atom. The minimum atomic E-state index is -0.656.